The lowest BCUT2D eigenvalue weighted by Gasteiger charge is -2.14. The Bertz CT molecular complexity index is 999. The predicted molar refractivity (Wildman–Crippen MR) is 112 cm³/mol. The Hall–Kier alpha value is -2.64. The lowest BCUT2D eigenvalue weighted by Crippen LogP contribution is -2.23. The molecule has 28 heavy (non-hydrogen) atoms. The van der Waals surface area contributed by atoms with Gasteiger partial charge in [0, 0.05) is 24.9 Å². The summed E-state index contributed by atoms with van der Waals surface area (Å²) in [7, 11) is 1.66. The van der Waals surface area contributed by atoms with Crippen molar-refractivity contribution in [1.82, 2.24) is 9.55 Å². The molecule has 1 amide bonds. The molecule has 0 aliphatic heterocycles. The van der Waals surface area contributed by atoms with E-state index < -0.39 is 0 Å². The average Bonchev–Trinajstić information content (AvgIpc) is 3.03. The number of benzene rings is 2. The van der Waals surface area contributed by atoms with E-state index in [0.717, 1.165) is 16.2 Å². The number of amides is 1. The summed E-state index contributed by atoms with van der Waals surface area (Å²) in [6, 6.07) is 14.8. The molecule has 0 bridgehead atoms. The molecule has 0 fully saturated rings. The summed E-state index contributed by atoms with van der Waals surface area (Å²) in [6.45, 7) is 4.57. The lowest BCUT2D eigenvalue weighted by molar-refractivity contribution is -0.115. The topological polar surface area (TPSA) is 73.2 Å². The van der Waals surface area contributed by atoms with Gasteiger partial charge >= 0.3 is 0 Å². The Morgan fingerprint density at radius 3 is 2.75 bits per heavy atom. The maximum atomic E-state index is 12.7. The van der Waals surface area contributed by atoms with Crippen molar-refractivity contribution in [2.45, 2.75) is 30.8 Å². The molecule has 146 valence electrons. The summed E-state index contributed by atoms with van der Waals surface area (Å²) in [6.07, 6.45) is 0. The van der Waals surface area contributed by atoms with E-state index in [2.05, 4.69) is 14.9 Å². The zero-order valence-corrected chi connectivity index (χ0v) is 17.0. The van der Waals surface area contributed by atoms with Crippen LogP contribution in [0.4, 0.5) is 5.69 Å². The van der Waals surface area contributed by atoms with E-state index in [9.17, 15) is 9.59 Å². The van der Waals surface area contributed by atoms with Crippen molar-refractivity contribution in [3.05, 3.63) is 54.1 Å². The minimum absolute atomic E-state index is 0.0367. The Balaban J connectivity index is 1.76. The number of thioether (sulfide) groups is 1. The number of fused-ring (bicyclic) bond motifs is 1. The minimum atomic E-state index is -0.362. The van der Waals surface area contributed by atoms with Crippen molar-refractivity contribution < 1.29 is 14.3 Å². The first-order valence-corrected chi connectivity index (χ1v) is 9.90. The maximum absolute atomic E-state index is 12.7. The maximum Gasteiger partial charge on any atom is 0.237 e. The summed E-state index contributed by atoms with van der Waals surface area (Å²) < 4.78 is 7.29. The number of carbonyl (C=O) groups excluding carboxylic acids is 2. The molecule has 3 aromatic rings. The normalized spacial score (nSPS) is 12.1. The molecular weight excluding hydrogens is 374 g/mol. The van der Waals surface area contributed by atoms with Crippen molar-refractivity contribution in [2.24, 2.45) is 0 Å². The van der Waals surface area contributed by atoms with E-state index in [1.807, 2.05) is 31.2 Å². The largest absolute Gasteiger partial charge is 0.383 e. The quantitative estimate of drug-likeness (QED) is 0.459. The highest BCUT2D eigenvalue weighted by atomic mass is 32.2. The van der Waals surface area contributed by atoms with E-state index >= 15 is 0 Å². The standard InChI is InChI=1S/C21H23N3O3S/c1-14(25)16-7-6-8-17(13-16)22-20(26)15(2)28-21-23-18-9-4-5-10-19(18)24(21)11-12-27-3/h4-10,13,15H,11-12H2,1-3H3,(H,22,26)/t15-/m0/s1. The fourth-order valence-electron chi connectivity index (χ4n) is 2.81. The number of hydrogen-bond acceptors (Lipinski definition) is 5. The van der Waals surface area contributed by atoms with Crippen molar-refractivity contribution in [1.29, 1.82) is 0 Å². The zero-order valence-electron chi connectivity index (χ0n) is 16.1. The van der Waals surface area contributed by atoms with Crippen LogP contribution in [0.5, 0.6) is 0 Å². The number of para-hydroxylation sites is 2. The van der Waals surface area contributed by atoms with Gasteiger partial charge in [-0.1, -0.05) is 36.0 Å². The Labute approximate surface area is 168 Å². The number of aromatic nitrogens is 2. The molecular formula is C21H23N3O3S. The number of ether oxygens (including phenoxy) is 1. The molecule has 0 spiro atoms. The van der Waals surface area contributed by atoms with Crippen LogP contribution in [0, 0.1) is 0 Å². The highest BCUT2D eigenvalue weighted by Crippen LogP contribution is 2.28. The number of methoxy groups -OCH3 is 1. The Kier molecular flexibility index (Phi) is 6.49. The molecule has 2 aromatic carbocycles. The van der Waals surface area contributed by atoms with Crippen LogP contribution in [-0.4, -0.2) is 40.2 Å². The first-order chi connectivity index (χ1) is 13.5. The molecule has 0 aliphatic carbocycles. The fraction of sp³-hybridized carbons (Fsp3) is 0.286. The molecule has 0 aliphatic rings. The van der Waals surface area contributed by atoms with Gasteiger partial charge in [0.1, 0.15) is 0 Å². The van der Waals surface area contributed by atoms with Gasteiger partial charge in [0.2, 0.25) is 5.91 Å². The summed E-state index contributed by atoms with van der Waals surface area (Å²) >= 11 is 1.40. The number of nitrogens with one attached hydrogen (secondary N) is 1. The van der Waals surface area contributed by atoms with Gasteiger partial charge in [0.05, 0.1) is 22.9 Å². The number of carbonyl (C=O) groups is 2. The number of Topliss-reactive ketones (excluding diaryl/α,β-unsaturated/α-hetero) is 1. The summed E-state index contributed by atoms with van der Waals surface area (Å²) in [5.74, 6) is -0.179. The second-order valence-corrected chi connectivity index (χ2v) is 7.72. The molecule has 1 N–H and O–H groups in total. The van der Waals surface area contributed by atoms with Crippen LogP contribution in [0.25, 0.3) is 11.0 Å². The predicted octanol–water partition coefficient (Wildman–Crippen LogP) is 4.00. The van der Waals surface area contributed by atoms with Crippen LogP contribution in [0.15, 0.2) is 53.7 Å². The van der Waals surface area contributed by atoms with Crippen LogP contribution >= 0.6 is 11.8 Å². The van der Waals surface area contributed by atoms with Gasteiger partial charge < -0.3 is 14.6 Å². The fourth-order valence-corrected chi connectivity index (χ4v) is 3.76. The summed E-state index contributed by atoms with van der Waals surface area (Å²) in [5.41, 5.74) is 3.09. The van der Waals surface area contributed by atoms with Gasteiger partial charge in [0.25, 0.3) is 0 Å². The monoisotopic (exact) mass is 397 g/mol. The molecule has 3 rings (SSSR count). The van der Waals surface area contributed by atoms with E-state index in [4.69, 9.17) is 4.74 Å². The first-order valence-electron chi connectivity index (χ1n) is 9.02. The van der Waals surface area contributed by atoms with Crippen LogP contribution in [-0.2, 0) is 16.1 Å². The number of ketones is 1. The highest BCUT2D eigenvalue weighted by molar-refractivity contribution is 8.00. The first kappa shape index (κ1) is 20.1. The van der Waals surface area contributed by atoms with E-state index in [1.54, 1.807) is 31.4 Å². The molecule has 6 nitrogen and oxygen atoms in total. The number of imidazole rings is 1. The van der Waals surface area contributed by atoms with Gasteiger partial charge in [0.15, 0.2) is 10.9 Å². The second kappa shape index (κ2) is 9.03. The van der Waals surface area contributed by atoms with Crippen molar-refractivity contribution in [3.8, 4) is 0 Å². The van der Waals surface area contributed by atoms with E-state index in [1.165, 1.54) is 18.7 Å². The van der Waals surface area contributed by atoms with E-state index in [-0.39, 0.29) is 16.9 Å². The number of nitrogens with zero attached hydrogens (tertiary/aromatic N) is 2. The van der Waals surface area contributed by atoms with Gasteiger partial charge in [-0.2, -0.15) is 0 Å². The third kappa shape index (κ3) is 4.61. The number of anilines is 1. The number of rotatable bonds is 8. The molecule has 1 heterocycles. The molecule has 0 radical (unpaired) electrons. The van der Waals surface area contributed by atoms with Crippen molar-refractivity contribution >= 4 is 40.2 Å². The number of hydrogen-bond donors (Lipinski definition) is 1. The SMILES string of the molecule is COCCn1c(S[C@@H](C)C(=O)Nc2cccc(C(C)=O)c2)nc2ccccc21. The molecule has 0 unspecified atom stereocenters. The third-order valence-electron chi connectivity index (χ3n) is 4.33. The van der Waals surface area contributed by atoms with Crippen LogP contribution in [0.1, 0.15) is 24.2 Å². The Morgan fingerprint density at radius 2 is 2.00 bits per heavy atom. The summed E-state index contributed by atoms with van der Waals surface area (Å²) in [4.78, 5) is 28.9. The van der Waals surface area contributed by atoms with Crippen molar-refractivity contribution in [2.75, 3.05) is 19.0 Å². The van der Waals surface area contributed by atoms with Crippen LogP contribution in [0.3, 0.4) is 0 Å². The molecule has 0 saturated carbocycles. The van der Waals surface area contributed by atoms with Gasteiger partial charge in [-0.3, -0.25) is 9.59 Å². The minimum Gasteiger partial charge on any atom is -0.383 e. The molecule has 7 heteroatoms. The Morgan fingerprint density at radius 1 is 1.21 bits per heavy atom. The van der Waals surface area contributed by atoms with Crippen LogP contribution < -0.4 is 5.32 Å². The molecule has 1 atom stereocenters. The average molecular weight is 398 g/mol. The van der Waals surface area contributed by atoms with Crippen LogP contribution in [0.2, 0.25) is 0 Å². The van der Waals surface area contributed by atoms with Gasteiger partial charge in [-0.15, -0.1) is 0 Å². The van der Waals surface area contributed by atoms with Crippen molar-refractivity contribution in [3.63, 3.8) is 0 Å². The van der Waals surface area contributed by atoms with E-state index in [0.29, 0.717) is 24.4 Å². The molecule has 0 saturated heterocycles. The second-order valence-electron chi connectivity index (χ2n) is 6.41. The highest BCUT2D eigenvalue weighted by Gasteiger charge is 2.19. The third-order valence-corrected chi connectivity index (χ3v) is 5.42. The summed E-state index contributed by atoms with van der Waals surface area (Å²) in [5, 5.41) is 3.29. The zero-order chi connectivity index (χ0) is 20.1. The smallest absolute Gasteiger partial charge is 0.237 e. The van der Waals surface area contributed by atoms with Gasteiger partial charge in [-0.25, -0.2) is 4.98 Å². The molecule has 1 aromatic heterocycles. The lowest BCUT2D eigenvalue weighted by atomic mass is 10.1. The van der Waals surface area contributed by atoms with Gasteiger partial charge in [-0.05, 0) is 38.1 Å².